The zero-order chi connectivity index (χ0) is 22.2. The third-order valence-corrected chi connectivity index (χ3v) is 6.04. The summed E-state index contributed by atoms with van der Waals surface area (Å²) in [5.74, 6) is -1.57. The molecule has 31 heavy (non-hydrogen) atoms. The van der Waals surface area contributed by atoms with Gasteiger partial charge in [0.25, 0.3) is 0 Å². The lowest BCUT2D eigenvalue weighted by Gasteiger charge is -2.24. The SMILES string of the molecule is CCOc1ccc(C(=O)CSc2cccc(NC(=O)C3CC=CCC3C(=O)O)c2)cc1. The van der Waals surface area contributed by atoms with E-state index in [-0.39, 0.29) is 17.4 Å². The molecule has 0 spiro atoms. The summed E-state index contributed by atoms with van der Waals surface area (Å²) in [4.78, 5) is 37.4. The largest absolute Gasteiger partial charge is 0.494 e. The first kappa shape index (κ1) is 22.6. The molecule has 0 aromatic heterocycles. The van der Waals surface area contributed by atoms with Crippen molar-refractivity contribution in [1.82, 2.24) is 0 Å². The van der Waals surface area contributed by atoms with E-state index < -0.39 is 17.8 Å². The number of aliphatic carboxylic acids is 1. The van der Waals surface area contributed by atoms with Crippen molar-refractivity contribution >= 4 is 35.1 Å². The molecule has 1 aliphatic carbocycles. The lowest BCUT2D eigenvalue weighted by Crippen LogP contribution is -2.34. The number of amides is 1. The highest BCUT2D eigenvalue weighted by molar-refractivity contribution is 8.00. The Morgan fingerprint density at radius 3 is 2.45 bits per heavy atom. The van der Waals surface area contributed by atoms with E-state index in [1.807, 2.05) is 19.1 Å². The molecule has 0 heterocycles. The summed E-state index contributed by atoms with van der Waals surface area (Å²) in [6, 6.07) is 14.3. The summed E-state index contributed by atoms with van der Waals surface area (Å²) >= 11 is 1.38. The predicted molar refractivity (Wildman–Crippen MR) is 121 cm³/mol. The highest BCUT2D eigenvalue weighted by Gasteiger charge is 2.33. The first-order valence-electron chi connectivity index (χ1n) is 10.2. The maximum Gasteiger partial charge on any atom is 0.307 e. The maximum atomic E-state index is 12.6. The molecule has 0 bridgehead atoms. The summed E-state index contributed by atoms with van der Waals surface area (Å²) in [6.07, 6.45) is 4.43. The molecule has 2 N–H and O–H groups in total. The number of carbonyl (C=O) groups excluding carboxylic acids is 2. The number of ketones is 1. The molecular formula is C24H25NO5S. The second-order valence-corrected chi connectivity index (χ2v) is 8.23. The van der Waals surface area contributed by atoms with E-state index in [4.69, 9.17) is 4.74 Å². The fourth-order valence-corrected chi connectivity index (χ4v) is 4.26. The first-order valence-corrected chi connectivity index (χ1v) is 11.1. The fraction of sp³-hybridized carbons (Fsp3) is 0.292. The number of hydrogen-bond donors (Lipinski definition) is 2. The predicted octanol–water partition coefficient (Wildman–Crippen LogP) is 4.67. The van der Waals surface area contributed by atoms with Gasteiger partial charge in [-0.15, -0.1) is 11.8 Å². The van der Waals surface area contributed by atoms with Crippen LogP contribution in [0.5, 0.6) is 5.75 Å². The molecular weight excluding hydrogens is 414 g/mol. The maximum absolute atomic E-state index is 12.6. The minimum Gasteiger partial charge on any atom is -0.494 e. The van der Waals surface area contributed by atoms with Crippen LogP contribution in [0.3, 0.4) is 0 Å². The number of benzene rings is 2. The number of anilines is 1. The zero-order valence-electron chi connectivity index (χ0n) is 17.2. The minimum atomic E-state index is -0.957. The van der Waals surface area contributed by atoms with Crippen LogP contribution < -0.4 is 10.1 Å². The molecule has 1 aliphatic rings. The van der Waals surface area contributed by atoms with Crippen LogP contribution in [0, 0.1) is 11.8 Å². The van der Waals surface area contributed by atoms with Crippen molar-refractivity contribution in [3.05, 3.63) is 66.2 Å². The van der Waals surface area contributed by atoms with Crippen molar-refractivity contribution < 1.29 is 24.2 Å². The molecule has 7 heteroatoms. The Balaban J connectivity index is 1.58. The lowest BCUT2D eigenvalue weighted by molar-refractivity contribution is -0.146. The van der Waals surface area contributed by atoms with Gasteiger partial charge in [0.15, 0.2) is 5.78 Å². The number of ether oxygens (including phenoxy) is 1. The van der Waals surface area contributed by atoms with Crippen LogP contribution >= 0.6 is 11.8 Å². The number of allylic oxidation sites excluding steroid dienone is 2. The van der Waals surface area contributed by atoms with E-state index in [0.717, 1.165) is 10.6 Å². The summed E-state index contributed by atoms with van der Waals surface area (Å²) in [7, 11) is 0. The van der Waals surface area contributed by atoms with Crippen molar-refractivity contribution in [1.29, 1.82) is 0 Å². The van der Waals surface area contributed by atoms with Crippen LogP contribution in [0.15, 0.2) is 65.6 Å². The Morgan fingerprint density at radius 1 is 1.06 bits per heavy atom. The highest BCUT2D eigenvalue weighted by Crippen LogP contribution is 2.28. The third-order valence-electron chi connectivity index (χ3n) is 5.05. The third kappa shape index (κ3) is 6.21. The molecule has 0 fully saturated rings. The number of carboxylic acid groups (broad SMARTS) is 1. The van der Waals surface area contributed by atoms with E-state index in [9.17, 15) is 19.5 Å². The van der Waals surface area contributed by atoms with E-state index in [1.165, 1.54) is 11.8 Å². The van der Waals surface area contributed by atoms with Gasteiger partial charge >= 0.3 is 5.97 Å². The van der Waals surface area contributed by atoms with Crippen molar-refractivity contribution in [2.24, 2.45) is 11.8 Å². The summed E-state index contributed by atoms with van der Waals surface area (Å²) < 4.78 is 5.39. The highest BCUT2D eigenvalue weighted by atomic mass is 32.2. The standard InChI is InChI=1S/C24H25NO5S/c1-2-30-18-12-10-16(11-13-18)22(26)15-31-19-7-5-6-17(14-19)25-23(27)20-8-3-4-9-21(20)24(28)29/h3-7,10-14,20-21H,2,8-9,15H2,1H3,(H,25,27)(H,28,29). The molecule has 6 nitrogen and oxygen atoms in total. The van der Waals surface area contributed by atoms with Crippen molar-refractivity contribution in [2.75, 3.05) is 17.7 Å². The van der Waals surface area contributed by atoms with Crippen LogP contribution in [0.25, 0.3) is 0 Å². The van der Waals surface area contributed by atoms with Crippen molar-refractivity contribution in [3.8, 4) is 5.75 Å². The summed E-state index contributed by atoms with van der Waals surface area (Å²) in [5.41, 5.74) is 1.20. The zero-order valence-corrected chi connectivity index (χ0v) is 18.1. The average molecular weight is 440 g/mol. The van der Waals surface area contributed by atoms with Gasteiger partial charge in [0.1, 0.15) is 5.75 Å². The van der Waals surface area contributed by atoms with Crippen LogP contribution in [0.1, 0.15) is 30.1 Å². The smallest absolute Gasteiger partial charge is 0.307 e. The van der Waals surface area contributed by atoms with Gasteiger partial charge < -0.3 is 15.2 Å². The Hall–Kier alpha value is -3.06. The van der Waals surface area contributed by atoms with Gasteiger partial charge in [0, 0.05) is 16.1 Å². The van der Waals surface area contributed by atoms with Gasteiger partial charge in [-0.3, -0.25) is 14.4 Å². The number of Topliss-reactive ketones (excluding diaryl/α,β-unsaturated/α-hetero) is 1. The minimum absolute atomic E-state index is 0.000722. The number of nitrogens with one attached hydrogen (secondary N) is 1. The monoisotopic (exact) mass is 439 g/mol. The normalized spacial score (nSPS) is 17.7. The second kappa shape index (κ2) is 10.8. The van der Waals surface area contributed by atoms with Gasteiger partial charge in [-0.05, 0) is 62.2 Å². The molecule has 0 saturated carbocycles. The molecule has 1 amide bonds. The molecule has 3 rings (SSSR count). The van der Waals surface area contributed by atoms with Crippen LogP contribution in [0.4, 0.5) is 5.69 Å². The van der Waals surface area contributed by atoms with Gasteiger partial charge in [-0.2, -0.15) is 0 Å². The quantitative estimate of drug-likeness (QED) is 0.335. The van der Waals surface area contributed by atoms with Crippen LogP contribution in [-0.4, -0.2) is 35.1 Å². The van der Waals surface area contributed by atoms with E-state index in [1.54, 1.807) is 48.5 Å². The average Bonchev–Trinajstić information content (AvgIpc) is 2.78. The van der Waals surface area contributed by atoms with Crippen molar-refractivity contribution in [2.45, 2.75) is 24.7 Å². The number of carboxylic acids is 1. The summed E-state index contributed by atoms with van der Waals surface area (Å²) in [5, 5.41) is 12.2. The Morgan fingerprint density at radius 2 is 1.77 bits per heavy atom. The number of hydrogen-bond acceptors (Lipinski definition) is 5. The Bertz CT molecular complexity index is 970. The van der Waals surface area contributed by atoms with Gasteiger partial charge in [0.2, 0.25) is 5.91 Å². The Kier molecular flexibility index (Phi) is 7.89. The molecule has 2 unspecified atom stereocenters. The van der Waals surface area contributed by atoms with Crippen LogP contribution in [-0.2, 0) is 9.59 Å². The van der Waals surface area contributed by atoms with Gasteiger partial charge in [0.05, 0.1) is 24.2 Å². The van der Waals surface area contributed by atoms with E-state index in [2.05, 4.69) is 5.32 Å². The summed E-state index contributed by atoms with van der Waals surface area (Å²) in [6.45, 7) is 2.48. The Labute approximate surface area is 185 Å². The first-order chi connectivity index (χ1) is 15.0. The number of rotatable bonds is 9. The molecule has 162 valence electrons. The fourth-order valence-electron chi connectivity index (χ4n) is 3.41. The van der Waals surface area contributed by atoms with E-state index in [0.29, 0.717) is 30.7 Å². The van der Waals surface area contributed by atoms with Gasteiger partial charge in [-0.25, -0.2) is 0 Å². The molecule has 2 aromatic rings. The molecule has 0 radical (unpaired) electrons. The van der Waals surface area contributed by atoms with E-state index >= 15 is 0 Å². The second-order valence-electron chi connectivity index (χ2n) is 7.18. The number of thioether (sulfide) groups is 1. The molecule has 2 aromatic carbocycles. The number of carbonyl (C=O) groups is 3. The molecule has 2 atom stereocenters. The van der Waals surface area contributed by atoms with Crippen molar-refractivity contribution in [3.63, 3.8) is 0 Å². The van der Waals surface area contributed by atoms with Crippen LogP contribution in [0.2, 0.25) is 0 Å². The molecule has 0 aliphatic heterocycles. The van der Waals surface area contributed by atoms with Gasteiger partial charge in [-0.1, -0.05) is 18.2 Å². The topological polar surface area (TPSA) is 92.7 Å². The lowest BCUT2D eigenvalue weighted by atomic mass is 9.82. The molecule has 0 saturated heterocycles.